The molecule has 1 aromatic rings. The van der Waals surface area contributed by atoms with E-state index in [2.05, 4.69) is 17.4 Å². The highest BCUT2D eigenvalue weighted by atomic mass is 32.2. The minimum absolute atomic E-state index is 0.00165. The van der Waals surface area contributed by atoms with Crippen LogP contribution in [-0.4, -0.2) is 27.3 Å². The highest BCUT2D eigenvalue weighted by Gasteiger charge is 2.00. The van der Waals surface area contributed by atoms with Gasteiger partial charge in [-0.2, -0.15) is 0 Å². The van der Waals surface area contributed by atoms with Gasteiger partial charge in [-0.3, -0.25) is 0 Å². The summed E-state index contributed by atoms with van der Waals surface area (Å²) in [6, 6.07) is 10.2. The van der Waals surface area contributed by atoms with Gasteiger partial charge in [0.2, 0.25) is 10.0 Å². The Morgan fingerprint density at radius 3 is 2.44 bits per heavy atom. The Labute approximate surface area is 96.9 Å². The van der Waals surface area contributed by atoms with Crippen molar-refractivity contribution in [2.45, 2.75) is 12.8 Å². The Bertz CT molecular complexity index is 390. The van der Waals surface area contributed by atoms with Crippen LogP contribution in [0.3, 0.4) is 0 Å². The summed E-state index contributed by atoms with van der Waals surface area (Å²) in [6.07, 6.45) is 2.00. The zero-order valence-corrected chi connectivity index (χ0v) is 10.0. The van der Waals surface area contributed by atoms with Gasteiger partial charge in [0.15, 0.2) is 0 Å². The number of hydrogen-bond acceptors (Lipinski definition) is 3. The monoisotopic (exact) mass is 242 g/mol. The molecule has 1 rings (SSSR count). The molecule has 0 unspecified atom stereocenters. The van der Waals surface area contributed by atoms with E-state index in [4.69, 9.17) is 5.14 Å². The summed E-state index contributed by atoms with van der Waals surface area (Å²) < 4.78 is 21.2. The van der Waals surface area contributed by atoms with E-state index in [1.54, 1.807) is 0 Å². The molecular formula is C11H18N2O2S. The Balaban J connectivity index is 2.05. The third kappa shape index (κ3) is 6.55. The van der Waals surface area contributed by atoms with Crippen LogP contribution in [0.5, 0.6) is 0 Å². The summed E-state index contributed by atoms with van der Waals surface area (Å²) in [5.74, 6) is -0.00165. The maximum atomic E-state index is 10.6. The van der Waals surface area contributed by atoms with Crippen molar-refractivity contribution in [3.05, 3.63) is 35.9 Å². The molecule has 0 radical (unpaired) electrons. The standard InChI is InChI=1S/C11H18N2O2S/c12-16(14,15)10-9-13-8-4-7-11-5-2-1-3-6-11/h1-3,5-6,13H,4,7-10H2,(H2,12,14,15). The molecule has 0 aliphatic heterocycles. The maximum Gasteiger partial charge on any atom is 0.210 e. The van der Waals surface area contributed by atoms with Crippen LogP contribution in [0.4, 0.5) is 0 Å². The van der Waals surface area contributed by atoms with Crippen LogP contribution in [0.1, 0.15) is 12.0 Å². The molecule has 90 valence electrons. The van der Waals surface area contributed by atoms with Crippen LogP contribution >= 0.6 is 0 Å². The van der Waals surface area contributed by atoms with Gasteiger partial charge in [0.25, 0.3) is 0 Å². The van der Waals surface area contributed by atoms with E-state index in [0.717, 1.165) is 19.4 Å². The van der Waals surface area contributed by atoms with Gasteiger partial charge in [0.05, 0.1) is 5.75 Å². The van der Waals surface area contributed by atoms with Gasteiger partial charge >= 0.3 is 0 Å². The van der Waals surface area contributed by atoms with Crippen molar-refractivity contribution >= 4 is 10.0 Å². The fourth-order valence-corrected chi connectivity index (χ4v) is 1.83. The molecule has 0 amide bonds. The van der Waals surface area contributed by atoms with Gasteiger partial charge in [0.1, 0.15) is 0 Å². The van der Waals surface area contributed by atoms with Crippen LogP contribution in [-0.2, 0) is 16.4 Å². The van der Waals surface area contributed by atoms with Crippen molar-refractivity contribution in [3.8, 4) is 0 Å². The molecule has 4 nitrogen and oxygen atoms in total. The first-order valence-corrected chi connectivity index (χ1v) is 7.04. The highest BCUT2D eigenvalue weighted by molar-refractivity contribution is 7.89. The van der Waals surface area contributed by atoms with Gasteiger partial charge in [-0.05, 0) is 24.9 Å². The Hall–Kier alpha value is -0.910. The lowest BCUT2D eigenvalue weighted by Crippen LogP contribution is -2.27. The number of rotatable bonds is 7. The van der Waals surface area contributed by atoms with Crippen LogP contribution < -0.4 is 10.5 Å². The lowest BCUT2D eigenvalue weighted by atomic mass is 10.1. The van der Waals surface area contributed by atoms with Crippen molar-refractivity contribution in [3.63, 3.8) is 0 Å². The normalized spacial score (nSPS) is 11.6. The van der Waals surface area contributed by atoms with Crippen molar-refractivity contribution in [1.29, 1.82) is 0 Å². The van der Waals surface area contributed by atoms with Crippen molar-refractivity contribution < 1.29 is 8.42 Å². The molecule has 1 aromatic carbocycles. The molecule has 0 saturated heterocycles. The number of sulfonamides is 1. The van der Waals surface area contributed by atoms with Gasteiger partial charge in [-0.15, -0.1) is 0 Å². The molecular weight excluding hydrogens is 224 g/mol. The zero-order valence-electron chi connectivity index (χ0n) is 9.22. The largest absolute Gasteiger partial charge is 0.316 e. The van der Waals surface area contributed by atoms with E-state index < -0.39 is 10.0 Å². The number of nitrogens with one attached hydrogen (secondary N) is 1. The topological polar surface area (TPSA) is 72.2 Å². The van der Waals surface area contributed by atoms with Crippen molar-refractivity contribution in [2.24, 2.45) is 5.14 Å². The summed E-state index contributed by atoms with van der Waals surface area (Å²) in [7, 11) is -3.33. The molecule has 5 heteroatoms. The van der Waals surface area contributed by atoms with E-state index >= 15 is 0 Å². The highest BCUT2D eigenvalue weighted by Crippen LogP contribution is 2.01. The van der Waals surface area contributed by atoms with Crippen molar-refractivity contribution in [1.82, 2.24) is 5.32 Å². The fourth-order valence-electron chi connectivity index (χ4n) is 1.40. The number of benzene rings is 1. The Morgan fingerprint density at radius 2 is 1.81 bits per heavy atom. The first-order chi connectivity index (χ1) is 7.58. The van der Waals surface area contributed by atoms with E-state index in [1.807, 2.05) is 18.2 Å². The lowest BCUT2D eigenvalue weighted by Gasteiger charge is -2.03. The third-order valence-electron chi connectivity index (χ3n) is 2.23. The van der Waals surface area contributed by atoms with Crippen LogP contribution in [0.2, 0.25) is 0 Å². The SMILES string of the molecule is NS(=O)(=O)CCNCCCc1ccccc1. The quantitative estimate of drug-likeness (QED) is 0.684. The predicted molar refractivity (Wildman–Crippen MR) is 65.6 cm³/mol. The molecule has 0 aliphatic carbocycles. The number of primary sulfonamides is 1. The smallest absolute Gasteiger partial charge is 0.210 e. The minimum atomic E-state index is -3.33. The van der Waals surface area contributed by atoms with Crippen LogP contribution in [0.25, 0.3) is 0 Å². The number of aryl methyl sites for hydroxylation is 1. The second kappa shape index (κ2) is 6.62. The lowest BCUT2D eigenvalue weighted by molar-refractivity contribution is 0.590. The average Bonchev–Trinajstić information content (AvgIpc) is 2.23. The molecule has 0 bridgehead atoms. The number of hydrogen-bond donors (Lipinski definition) is 2. The Kier molecular flexibility index (Phi) is 5.45. The maximum absolute atomic E-state index is 10.6. The van der Waals surface area contributed by atoms with E-state index in [9.17, 15) is 8.42 Å². The van der Waals surface area contributed by atoms with Gasteiger partial charge in [-0.25, -0.2) is 13.6 Å². The summed E-state index contributed by atoms with van der Waals surface area (Å²) >= 11 is 0. The van der Waals surface area contributed by atoms with E-state index in [0.29, 0.717) is 6.54 Å². The Morgan fingerprint density at radius 1 is 1.12 bits per heavy atom. The van der Waals surface area contributed by atoms with Gasteiger partial charge in [0, 0.05) is 6.54 Å². The summed E-state index contributed by atoms with van der Waals surface area (Å²) in [5.41, 5.74) is 1.30. The molecule has 0 aliphatic rings. The summed E-state index contributed by atoms with van der Waals surface area (Å²) in [5, 5.41) is 7.93. The molecule has 0 atom stereocenters. The van der Waals surface area contributed by atoms with Crippen LogP contribution in [0, 0.1) is 0 Å². The molecule has 0 fully saturated rings. The number of nitrogens with two attached hydrogens (primary N) is 1. The molecule has 16 heavy (non-hydrogen) atoms. The van der Waals surface area contributed by atoms with Crippen molar-refractivity contribution in [2.75, 3.05) is 18.8 Å². The fraction of sp³-hybridized carbons (Fsp3) is 0.455. The van der Waals surface area contributed by atoms with Crippen LogP contribution in [0.15, 0.2) is 30.3 Å². The van der Waals surface area contributed by atoms with Gasteiger partial charge in [-0.1, -0.05) is 30.3 Å². The van der Waals surface area contributed by atoms with E-state index in [-0.39, 0.29) is 5.75 Å². The predicted octanol–water partition coefficient (Wildman–Crippen LogP) is 0.497. The second-order valence-electron chi connectivity index (χ2n) is 3.71. The molecule has 0 aromatic heterocycles. The first-order valence-electron chi connectivity index (χ1n) is 5.33. The van der Waals surface area contributed by atoms with E-state index in [1.165, 1.54) is 5.56 Å². The second-order valence-corrected chi connectivity index (χ2v) is 5.44. The molecule has 0 saturated carbocycles. The molecule has 0 heterocycles. The first kappa shape index (κ1) is 13.2. The summed E-state index contributed by atoms with van der Waals surface area (Å²) in [6.45, 7) is 1.23. The average molecular weight is 242 g/mol. The third-order valence-corrected chi connectivity index (χ3v) is 3.00. The zero-order chi connectivity index (χ0) is 11.9. The molecule has 3 N–H and O–H groups in total. The summed E-state index contributed by atoms with van der Waals surface area (Å²) in [4.78, 5) is 0. The minimum Gasteiger partial charge on any atom is -0.316 e. The molecule has 0 spiro atoms. The van der Waals surface area contributed by atoms with Gasteiger partial charge < -0.3 is 5.32 Å².